The first-order valence-electron chi connectivity index (χ1n) is 7.02. The summed E-state index contributed by atoms with van der Waals surface area (Å²) in [6.07, 6.45) is 3.43. The van der Waals surface area contributed by atoms with Crippen molar-refractivity contribution >= 4 is 23.0 Å². The van der Waals surface area contributed by atoms with Gasteiger partial charge in [-0.25, -0.2) is 9.97 Å². The Morgan fingerprint density at radius 2 is 2.20 bits per heavy atom. The van der Waals surface area contributed by atoms with E-state index in [0.29, 0.717) is 11.7 Å². The number of likely N-dealkylation sites (N-methyl/N-ethyl adjacent to an activating group) is 1. The van der Waals surface area contributed by atoms with Crippen LogP contribution in [0.3, 0.4) is 0 Å². The van der Waals surface area contributed by atoms with Gasteiger partial charge in [-0.15, -0.1) is 11.3 Å². The summed E-state index contributed by atoms with van der Waals surface area (Å²) < 4.78 is 0. The molecule has 4 nitrogen and oxygen atoms in total. The van der Waals surface area contributed by atoms with Crippen LogP contribution in [0.1, 0.15) is 35.0 Å². The number of nitrogen functional groups attached to an aromatic ring is 1. The van der Waals surface area contributed by atoms with Crippen LogP contribution in [0.15, 0.2) is 17.5 Å². The summed E-state index contributed by atoms with van der Waals surface area (Å²) >= 11 is 1.80. The highest BCUT2D eigenvalue weighted by molar-refractivity contribution is 7.09. The molecule has 0 amide bonds. The summed E-state index contributed by atoms with van der Waals surface area (Å²) in [5.74, 6) is 3.06. The van der Waals surface area contributed by atoms with E-state index in [-0.39, 0.29) is 0 Å². The molecule has 0 spiro atoms. The Hall–Kier alpha value is -1.62. The number of anilines is 2. The molecule has 0 radical (unpaired) electrons. The molecule has 3 rings (SSSR count). The fourth-order valence-electron chi connectivity index (χ4n) is 2.27. The van der Waals surface area contributed by atoms with E-state index < -0.39 is 0 Å². The molecule has 0 atom stereocenters. The first kappa shape index (κ1) is 13.4. The van der Waals surface area contributed by atoms with E-state index in [2.05, 4.69) is 34.4 Å². The van der Waals surface area contributed by atoms with Crippen molar-refractivity contribution in [1.82, 2.24) is 9.97 Å². The van der Waals surface area contributed by atoms with Crippen LogP contribution in [-0.2, 0) is 6.42 Å². The average molecular weight is 288 g/mol. The third-order valence-electron chi connectivity index (χ3n) is 3.75. The van der Waals surface area contributed by atoms with Gasteiger partial charge in [0.15, 0.2) is 0 Å². The lowest BCUT2D eigenvalue weighted by atomic mass is 10.2. The Labute approximate surface area is 123 Å². The van der Waals surface area contributed by atoms with E-state index >= 15 is 0 Å². The van der Waals surface area contributed by atoms with E-state index in [9.17, 15) is 0 Å². The SMILES string of the molecule is Cc1c(N)nc(C2CC2)nc1N(C)CCc1cccs1. The van der Waals surface area contributed by atoms with Gasteiger partial charge in [0.2, 0.25) is 0 Å². The van der Waals surface area contributed by atoms with Crippen molar-refractivity contribution in [3.8, 4) is 0 Å². The minimum atomic E-state index is 0.530. The zero-order valence-corrected chi connectivity index (χ0v) is 12.8. The zero-order valence-electron chi connectivity index (χ0n) is 12.0. The molecule has 0 aromatic carbocycles. The highest BCUT2D eigenvalue weighted by atomic mass is 32.1. The van der Waals surface area contributed by atoms with Gasteiger partial charge in [0.1, 0.15) is 17.5 Å². The van der Waals surface area contributed by atoms with Crippen molar-refractivity contribution in [2.24, 2.45) is 0 Å². The van der Waals surface area contributed by atoms with Gasteiger partial charge in [-0.2, -0.15) is 0 Å². The molecule has 0 aliphatic heterocycles. The van der Waals surface area contributed by atoms with Crippen molar-refractivity contribution in [2.45, 2.75) is 32.1 Å². The fourth-order valence-corrected chi connectivity index (χ4v) is 2.97. The maximum Gasteiger partial charge on any atom is 0.137 e. The number of nitrogens with two attached hydrogens (primary N) is 1. The highest BCUT2D eigenvalue weighted by Gasteiger charge is 2.28. The topological polar surface area (TPSA) is 55.0 Å². The third-order valence-corrected chi connectivity index (χ3v) is 4.69. The number of hydrogen-bond acceptors (Lipinski definition) is 5. The predicted molar refractivity (Wildman–Crippen MR) is 84.4 cm³/mol. The standard InChI is InChI=1S/C15H20N4S/c1-10-13(16)17-14(11-5-6-11)18-15(10)19(2)8-7-12-4-3-9-20-12/h3-4,9,11H,5-8H2,1-2H3,(H2,16,17,18). The van der Waals surface area contributed by atoms with Crippen molar-refractivity contribution in [3.63, 3.8) is 0 Å². The highest BCUT2D eigenvalue weighted by Crippen LogP contribution is 2.39. The Morgan fingerprint density at radius 3 is 2.85 bits per heavy atom. The zero-order chi connectivity index (χ0) is 14.1. The van der Waals surface area contributed by atoms with Gasteiger partial charge in [0.05, 0.1) is 0 Å². The Balaban J connectivity index is 1.77. The van der Waals surface area contributed by atoms with Crippen LogP contribution in [0.2, 0.25) is 0 Å². The molecule has 2 heterocycles. The summed E-state index contributed by atoms with van der Waals surface area (Å²) in [4.78, 5) is 12.8. The van der Waals surface area contributed by atoms with Crippen LogP contribution in [-0.4, -0.2) is 23.6 Å². The quantitative estimate of drug-likeness (QED) is 0.919. The minimum Gasteiger partial charge on any atom is -0.383 e. The Morgan fingerprint density at radius 1 is 1.40 bits per heavy atom. The van der Waals surface area contributed by atoms with E-state index in [0.717, 1.165) is 30.2 Å². The number of rotatable bonds is 5. The molecule has 1 aliphatic carbocycles. The van der Waals surface area contributed by atoms with Gasteiger partial charge < -0.3 is 10.6 Å². The smallest absolute Gasteiger partial charge is 0.137 e. The summed E-state index contributed by atoms with van der Waals surface area (Å²) in [7, 11) is 2.08. The second kappa shape index (κ2) is 5.40. The fraction of sp³-hybridized carbons (Fsp3) is 0.467. The molecule has 106 valence electrons. The lowest BCUT2D eigenvalue weighted by Gasteiger charge is -2.21. The van der Waals surface area contributed by atoms with Crippen molar-refractivity contribution in [1.29, 1.82) is 0 Å². The van der Waals surface area contributed by atoms with E-state index in [1.807, 2.05) is 6.92 Å². The van der Waals surface area contributed by atoms with Gasteiger partial charge in [0, 0.05) is 30.0 Å². The Kier molecular flexibility index (Phi) is 3.61. The van der Waals surface area contributed by atoms with Crippen LogP contribution in [0.4, 0.5) is 11.6 Å². The summed E-state index contributed by atoms with van der Waals surface area (Å²) in [6, 6.07) is 4.27. The summed E-state index contributed by atoms with van der Waals surface area (Å²) in [5.41, 5.74) is 7.03. The number of hydrogen-bond donors (Lipinski definition) is 1. The lowest BCUT2D eigenvalue weighted by Crippen LogP contribution is -2.23. The molecular weight excluding hydrogens is 268 g/mol. The number of thiophene rings is 1. The van der Waals surface area contributed by atoms with E-state index in [1.54, 1.807) is 11.3 Å². The first-order valence-corrected chi connectivity index (χ1v) is 7.90. The van der Waals surface area contributed by atoms with Crippen LogP contribution >= 0.6 is 11.3 Å². The third kappa shape index (κ3) is 2.77. The monoisotopic (exact) mass is 288 g/mol. The number of nitrogens with zero attached hydrogens (tertiary/aromatic N) is 3. The molecule has 2 N–H and O–H groups in total. The molecule has 5 heteroatoms. The molecule has 20 heavy (non-hydrogen) atoms. The van der Waals surface area contributed by atoms with Crippen LogP contribution in [0, 0.1) is 6.92 Å². The molecule has 0 bridgehead atoms. The summed E-state index contributed by atoms with van der Waals surface area (Å²) in [6.45, 7) is 2.95. The van der Waals surface area contributed by atoms with E-state index in [4.69, 9.17) is 10.7 Å². The second-order valence-corrected chi connectivity index (χ2v) is 6.47. The maximum atomic E-state index is 6.04. The molecule has 1 aliphatic rings. The van der Waals surface area contributed by atoms with Gasteiger partial charge in [-0.3, -0.25) is 0 Å². The minimum absolute atomic E-state index is 0.530. The number of aromatic nitrogens is 2. The van der Waals surface area contributed by atoms with Crippen molar-refractivity contribution in [2.75, 3.05) is 24.2 Å². The van der Waals surface area contributed by atoms with Crippen molar-refractivity contribution in [3.05, 3.63) is 33.8 Å². The largest absolute Gasteiger partial charge is 0.383 e. The molecule has 1 saturated carbocycles. The second-order valence-electron chi connectivity index (χ2n) is 5.44. The Bertz CT molecular complexity index is 590. The van der Waals surface area contributed by atoms with Gasteiger partial charge in [-0.05, 0) is 37.6 Å². The molecule has 0 unspecified atom stereocenters. The normalized spacial score (nSPS) is 14.5. The first-order chi connectivity index (χ1) is 9.65. The van der Waals surface area contributed by atoms with Crippen LogP contribution < -0.4 is 10.6 Å². The van der Waals surface area contributed by atoms with Crippen LogP contribution in [0.5, 0.6) is 0 Å². The maximum absolute atomic E-state index is 6.04. The van der Waals surface area contributed by atoms with Gasteiger partial charge >= 0.3 is 0 Å². The van der Waals surface area contributed by atoms with Crippen LogP contribution in [0.25, 0.3) is 0 Å². The molecule has 2 aromatic heterocycles. The van der Waals surface area contributed by atoms with Crippen molar-refractivity contribution < 1.29 is 0 Å². The molecular formula is C15H20N4S. The average Bonchev–Trinajstić information content (AvgIpc) is 3.16. The lowest BCUT2D eigenvalue weighted by molar-refractivity contribution is 0.834. The van der Waals surface area contributed by atoms with E-state index in [1.165, 1.54) is 17.7 Å². The van der Waals surface area contributed by atoms with Gasteiger partial charge in [0.25, 0.3) is 0 Å². The molecule has 1 fully saturated rings. The van der Waals surface area contributed by atoms with Gasteiger partial charge in [-0.1, -0.05) is 6.07 Å². The predicted octanol–water partition coefficient (Wildman–Crippen LogP) is 2.99. The molecule has 2 aromatic rings. The summed E-state index contributed by atoms with van der Waals surface area (Å²) in [5, 5.41) is 2.12. The molecule has 0 saturated heterocycles.